The smallest absolute Gasteiger partial charge is 0.248 e. The van der Waals surface area contributed by atoms with E-state index < -0.39 is 9.84 Å². The van der Waals surface area contributed by atoms with Gasteiger partial charge in [0.1, 0.15) is 5.75 Å². The Labute approximate surface area is 170 Å². The van der Waals surface area contributed by atoms with E-state index >= 15 is 0 Å². The number of nitrogens with zero attached hydrogens (tertiary/aromatic N) is 2. The van der Waals surface area contributed by atoms with E-state index in [0.29, 0.717) is 23.3 Å². The molecule has 1 amide bonds. The van der Waals surface area contributed by atoms with Gasteiger partial charge in [0.2, 0.25) is 5.91 Å². The summed E-state index contributed by atoms with van der Waals surface area (Å²) < 4.78 is 29.7. The quantitative estimate of drug-likeness (QED) is 0.741. The lowest BCUT2D eigenvalue weighted by Gasteiger charge is -2.25. The fourth-order valence-electron chi connectivity index (χ4n) is 4.42. The lowest BCUT2D eigenvalue weighted by Crippen LogP contribution is -2.37. The fourth-order valence-corrected chi connectivity index (χ4v) is 8.35. The zero-order chi connectivity index (χ0) is 19.7. The summed E-state index contributed by atoms with van der Waals surface area (Å²) >= 11 is 1.43. The van der Waals surface area contributed by atoms with Crippen LogP contribution < -0.4 is 9.64 Å². The fraction of sp³-hybridized carbons (Fsp3) is 0.600. The Morgan fingerprint density at radius 2 is 2.04 bits per heavy atom. The van der Waals surface area contributed by atoms with Crippen molar-refractivity contribution < 1.29 is 17.9 Å². The number of methoxy groups -OCH3 is 1. The van der Waals surface area contributed by atoms with Crippen molar-refractivity contribution in [1.82, 2.24) is 0 Å². The van der Waals surface area contributed by atoms with Crippen molar-refractivity contribution in [2.75, 3.05) is 23.5 Å². The minimum Gasteiger partial charge on any atom is -0.497 e. The molecule has 6 nitrogen and oxygen atoms in total. The van der Waals surface area contributed by atoms with Gasteiger partial charge in [-0.3, -0.25) is 4.79 Å². The molecule has 4 rings (SSSR count). The predicted octanol–water partition coefficient (Wildman–Crippen LogP) is 3.27. The molecule has 3 fully saturated rings. The maximum Gasteiger partial charge on any atom is 0.248 e. The van der Waals surface area contributed by atoms with Crippen molar-refractivity contribution in [3.63, 3.8) is 0 Å². The number of benzene rings is 1. The molecule has 152 valence electrons. The number of fused-ring (bicyclic) bond motifs is 1. The molecule has 1 saturated carbocycles. The van der Waals surface area contributed by atoms with Crippen LogP contribution in [0.5, 0.6) is 5.75 Å². The lowest BCUT2D eigenvalue weighted by atomic mass is 9.87. The average Bonchev–Trinajstić information content (AvgIpc) is 3.13. The first-order chi connectivity index (χ1) is 13.4. The molecule has 28 heavy (non-hydrogen) atoms. The van der Waals surface area contributed by atoms with Gasteiger partial charge in [0.15, 0.2) is 15.0 Å². The first-order valence-corrected chi connectivity index (χ1v) is 12.6. The Morgan fingerprint density at radius 3 is 2.79 bits per heavy atom. The number of hydrogen-bond donors (Lipinski definition) is 0. The van der Waals surface area contributed by atoms with E-state index in [1.165, 1.54) is 31.0 Å². The van der Waals surface area contributed by atoms with E-state index in [4.69, 9.17) is 4.74 Å². The monoisotopic (exact) mass is 422 g/mol. The van der Waals surface area contributed by atoms with Gasteiger partial charge in [-0.2, -0.15) is 4.99 Å². The SMILES string of the molecule is COc1cccc(N2C(=NC(=O)CC3CCCCC3)S[C@H]3CS(=O)(=O)C[C@@H]32)c1. The molecule has 3 aliphatic rings. The van der Waals surface area contributed by atoms with Gasteiger partial charge in [0, 0.05) is 23.4 Å². The number of sulfone groups is 1. The third kappa shape index (κ3) is 4.22. The molecule has 2 atom stereocenters. The van der Waals surface area contributed by atoms with Gasteiger partial charge in [0.25, 0.3) is 0 Å². The molecule has 1 aliphatic carbocycles. The van der Waals surface area contributed by atoms with Gasteiger partial charge >= 0.3 is 0 Å². The van der Waals surface area contributed by atoms with Gasteiger partial charge in [-0.25, -0.2) is 8.42 Å². The summed E-state index contributed by atoms with van der Waals surface area (Å²) in [6, 6.07) is 7.31. The van der Waals surface area contributed by atoms with Gasteiger partial charge in [-0.15, -0.1) is 0 Å². The highest BCUT2D eigenvalue weighted by Crippen LogP contribution is 2.41. The summed E-state index contributed by atoms with van der Waals surface area (Å²) in [7, 11) is -1.47. The topological polar surface area (TPSA) is 76.0 Å². The molecule has 1 aromatic carbocycles. The number of ether oxygens (including phenoxy) is 1. The number of rotatable bonds is 4. The Bertz CT molecular complexity index is 878. The Morgan fingerprint density at radius 1 is 1.25 bits per heavy atom. The van der Waals surface area contributed by atoms with Crippen molar-refractivity contribution in [2.24, 2.45) is 10.9 Å². The Hall–Kier alpha value is -1.54. The number of aliphatic imine (C=N–C) groups is 1. The van der Waals surface area contributed by atoms with Crippen LogP contribution >= 0.6 is 11.8 Å². The molecule has 0 aromatic heterocycles. The highest BCUT2D eigenvalue weighted by molar-refractivity contribution is 8.16. The van der Waals surface area contributed by atoms with Crippen LogP contribution in [0.2, 0.25) is 0 Å². The second-order valence-corrected chi connectivity index (χ2v) is 11.2. The molecule has 8 heteroatoms. The van der Waals surface area contributed by atoms with E-state index in [-0.39, 0.29) is 28.7 Å². The minimum absolute atomic E-state index is 0.0857. The normalized spacial score (nSPS) is 28.5. The number of hydrogen-bond acceptors (Lipinski definition) is 5. The standard InChI is InChI=1S/C20H26N2O4S2/c1-26-16-9-5-8-15(11-16)22-17-12-28(24,25)13-18(17)27-20(22)21-19(23)10-14-6-3-2-4-7-14/h5,8-9,11,14,17-18H,2-4,6-7,10,12-13H2,1H3/t17-,18-/m0/s1. The zero-order valence-electron chi connectivity index (χ0n) is 16.0. The second kappa shape index (κ2) is 8.06. The van der Waals surface area contributed by atoms with Crippen LogP contribution in [0.15, 0.2) is 29.3 Å². The van der Waals surface area contributed by atoms with E-state index in [0.717, 1.165) is 18.5 Å². The first-order valence-electron chi connectivity index (χ1n) is 9.87. The van der Waals surface area contributed by atoms with Crippen LogP contribution in [0.3, 0.4) is 0 Å². The average molecular weight is 423 g/mol. The summed E-state index contributed by atoms with van der Waals surface area (Å²) in [6.07, 6.45) is 6.35. The number of carbonyl (C=O) groups excluding carboxylic acids is 1. The van der Waals surface area contributed by atoms with Crippen molar-refractivity contribution in [3.05, 3.63) is 24.3 Å². The van der Waals surface area contributed by atoms with E-state index in [9.17, 15) is 13.2 Å². The largest absolute Gasteiger partial charge is 0.497 e. The van der Waals surface area contributed by atoms with Crippen LogP contribution in [0.4, 0.5) is 5.69 Å². The molecule has 2 aliphatic heterocycles. The number of carbonyl (C=O) groups is 1. The van der Waals surface area contributed by atoms with E-state index in [1.54, 1.807) is 7.11 Å². The molecule has 0 bridgehead atoms. The third-order valence-electron chi connectivity index (χ3n) is 5.81. The molecule has 0 radical (unpaired) electrons. The Kier molecular flexibility index (Phi) is 5.69. The van der Waals surface area contributed by atoms with E-state index in [2.05, 4.69) is 4.99 Å². The van der Waals surface area contributed by atoms with Crippen molar-refractivity contribution in [1.29, 1.82) is 0 Å². The first kappa shape index (κ1) is 19.8. The summed E-state index contributed by atoms with van der Waals surface area (Å²) in [5.74, 6) is 1.27. The molecular formula is C20H26N2O4S2. The van der Waals surface area contributed by atoms with Crippen LogP contribution in [-0.2, 0) is 14.6 Å². The van der Waals surface area contributed by atoms with Crippen LogP contribution in [0.1, 0.15) is 38.5 Å². The highest BCUT2D eigenvalue weighted by atomic mass is 32.2. The third-order valence-corrected chi connectivity index (χ3v) is 9.02. The molecule has 2 heterocycles. The van der Waals surface area contributed by atoms with Crippen molar-refractivity contribution in [2.45, 2.75) is 49.8 Å². The molecule has 0 N–H and O–H groups in total. The zero-order valence-corrected chi connectivity index (χ0v) is 17.7. The van der Waals surface area contributed by atoms with Gasteiger partial charge in [-0.1, -0.05) is 37.1 Å². The molecular weight excluding hydrogens is 396 g/mol. The predicted molar refractivity (Wildman–Crippen MR) is 113 cm³/mol. The summed E-state index contributed by atoms with van der Waals surface area (Å²) in [4.78, 5) is 19.0. The number of anilines is 1. The maximum absolute atomic E-state index is 12.6. The molecule has 0 unspecified atom stereocenters. The maximum atomic E-state index is 12.6. The highest BCUT2D eigenvalue weighted by Gasteiger charge is 2.49. The van der Waals surface area contributed by atoms with Crippen molar-refractivity contribution >= 4 is 38.4 Å². The molecule has 0 spiro atoms. The van der Waals surface area contributed by atoms with Crippen LogP contribution in [-0.4, -0.2) is 49.4 Å². The van der Waals surface area contributed by atoms with Gasteiger partial charge in [0.05, 0.1) is 24.7 Å². The van der Waals surface area contributed by atoms with E-state index in [1.807, 2.05) is 29.2 Å². The number of thioether (sulfide) groups is 1. The molecule has 2 saturated heterocycles. The lowest BCUT2D eigenvalue weighted by molar-refractivity contribution is -0.118. The summed E-state index contributed by atoms with van der Waals surface area (Å²) in [6.45, 7) is 0. The second-order valence-electron chi connectivity index (χ2n) is 7.87. The molecule has 1 aromatic rings. The van der Waals surface area contributed by atoms with Crippen LogP contribution in [0.25, 0.3) is 0 Å². The van der Waals surface area contributed by atoms with Crippen LogP contribution in [0, 0.1) is 5.92 Å². The van der Waals surface area contributed by atoms with Gasteiger partial charge < -0.3 is 9.64 Å². The van der Waals surface area contributed by atoms with Crippen molar-refractivity contribution in [3.8, 4) is 5.75 Å². The van der Waals surface area contributed by atoms with Gasteiger partial charge in [-0.05, 0) is 30.9 Å². The summed E-state index contributed by atoms with van der Waals surface area (Å²) in [5.41, 5.74) is 0.820. The minimum atomic E-state index is -3.07. The summed E-state index contributed by atoms with van der Waals surface area (Å²) in [5, 5.41) is 0.538. The number of amidine groups is 1. The Balaban J connectivity index is 1.60. The number of amides is 1.